The molecule has 10 aromatic carbocycles. The highest BCUT2D eigenvalue weighted by Crippen LogP contribution is 2.50. The number of para-hydroxylation sites is 6. The third kappa shape index (κ3) is 4.98. The second-order valence-corrected chi connectivity index (χ2v) is 15.8. The van der Waals surface area contributed by atoms with Crippen LogP contribution in [0.15, 0.2) is 194 Å². The first-order valence-electron chi connectivity index (χ1n) is 20.6. The zero-order chi connectivity index (χ0) is 39.9. The molecule has 0 radical (unpaired) electrons. The van der Waals surface area contributed by atoms with E-state index in [0.717, 1.165) is 77.8 Å². The van der Waals surface area contributed by atoms with Crippen LogP contribution in [-0.4, -0.2) is 19.1 Å². The zero-order valence-corrected chi connectivity index (χ0v) is 33.3. The number of nitrogens with zero attached hydrogens (tertiary/aromatic N) is 4. The third-order valence-electron chi connectivity index (χ3n) is 12.4. The standard InChI is InChI=1S/C56H38N4/c1-35-19-3-15-31-47(35)59-49-33-17-13-29-45(49)57-55(59)53-41-25-9-5-21-37(41)51(38-22-6-10-26-42(38)53)52-39-23-7-11-27-43(39)54(44-28-12-8-24-40(44)52)56-58-46-30-14-18-34-50(46)60(56)48-32-16-4-20-36(48)2/h3-34H,1-2H3. The number of hydrogen-bond acceptors (Lipinski definition) is 2. The minimum Gasteiger partial charge on any atom is -0.292 e. The Morgan fingerprint density at radius 2 is 0.550 bits per heavy atom. The van der Waals surface area contributed by atoms with Gasteiger partial charge in [-0.2, -0.15) is 0 Å². The highest BCUT2D eigenvalue weighted by atomic mass is 15.1. The zero-order valence-electron chi connectivity index (χ0n) is 33.3. The van der Waals surface area contributed by atoms with Crippen molar-refractivity contribution in [2.45, 2.75) is 13.8 Å². The van der Waals surface area contributed by atoms with Crippen LogP contribution < -0.4 is 0 Å². The van der Waals surface area contributed by atoms with Crippen LogP contribution in [0.3, 0.4) is 0 Å². The number of aromatic nitrogens is 4. The molecule has 0 aliphatic heterocycles. The molecule has 0 saturated heterocycles. The van der Waals surface area contributed by atoms with E-state index in [4.69, 9.17) is 9.97 Å². The van der Waals surface area contributed by atoms with E-state index in [2.05, 4.69) is 217 Å². The summed E-state index contributed by atoms with van der Waals surface area (Å²) in [7, 11) is 0. The highest BCUT2D eigenvalue weighted by molar-refractivity contribution is 6.29. The summed E-state index contributed by atoms with van der Waals surface area (Å²) >= 11 is 0. The van der Waals surface area contributed by atoms with Crippen LogP contribution in [-0.2, 0) is 0 Å². The number of rotatable bonds is 5. The van der Waals surface area contributed by atoms with Gasteiger partial charge in [0.2, 0.25) is 0 Å². The molecule has 12 rings (SSSR count). The fourth-order valence-corrected chi connectivity index (χ4v) is 9.78. The smallest absolute Gasteiger partial charge is 0.146 e. The number of hydrogen-bond donors (Lipinski definition) is 0. The Balaban J connectivity index is 1.23. The van der Waals surface area contributed by atoms with Gasteiger partial charge in [0.25, 0.3) is 0 Å². The molecule has 0 aliphatic carbocycles. The van der Waals surface area contributed by atoms with E-state index in [-0.39, 0.29) is 0 Å². The van der Waals surface area contributed by atoms with E-state index in [1.54, 1.807) is 0 Å². The Labute approximate surface area is 347 Å². The lowest BCUT2D eigenvalue weighted by molar-refractivity contribution is 1.09. The average molecular weight is 767 g/mol. The Kier molecular flexibility index (Phi) is 7.63. The molecule has 0 spiro atoms. The van der Waals surface area contributed by atoms with Gasteiger partial charge in [-0.05, 0) is 116 Å². The van der Waals surface area contributed by atoms with Gasteiger partial charge in [-0.25, -0.2) is 9.97 Å². The lowest BCUT2D eigenvalue weighted by Crippen LogP contribution is -2.02. The van der Waals surface area contributed by atoms with Crippen molar-refractivity contribution in [3.63, 3.8) is 0 Å². The maximum absolute atomic E-state index is 5.46. The van der Waals surface area contributed by atoms with Crippen LogP contribution >= 0.6 is 0 Å². The van der Waals surface area contributed by atoms with Crippen LogP contribution in [0.5, 0.6) is 0 Å². The number of fused-ring (bicyclic) bond motifs is 6. The Morgan fingerprint density at radius 3 is 0.883 bits per heavy atom. The van der Waals surface area contributed by atoms with Crippen molar-refractivity contribution < 1.29 is 0 Å². The minimum atomic E-state index is 0.935. The molecule has 0 bridgehead atoms. The van der Waals surface area contributed by atoms with Crippen molar-refractivity contribution in [2.24, 2.45) is 0 Å². The maximum Gasteiger partial charge on any atom is 0.146 e. The monoisotopic (exact) mass is 766 g/mol. The third-order valence-corrected chi connectivity index (χ3v) is 12.4. The van der Waals surface area contributed by atoms with Crippen molar-refractivity contribution in [1.82, 2.24) is 19.1 Å². The summed E-state index contributed by atoms with van der Waals surface area (Å²) in [6.45, 7) is 4.37. The van der Waals surface area contributed by atoms with Gasteiger partial charge in [0.1, 0.15) is 11.6 Å². The fraction of sp³-hybridized carbons (Fsp3) is 0.0357. The minimum absolute atomic E-state index is 0.935. The molecule has 4 heteroatoms. The molecular weight excluding hydrogens is 729 g/mol. The second-order valence-electron chi connectivity index (χ2n) is 15.8. The second kappa shape index (κ2) is 13.4. The molecule has 0 aliphatic rings. The first-order chi connectivity index (χ1) is 29.7. The van der Waals surface area contributed by atoms with Gasteiger partial charge < -0.3 is 0 Å². The Morgan fingerprint density at radius 1 is 0.283 bits per heavy atom. The lowest BCUT2D eigenvalue weighted by atomic mass is 9.82. The highest BCUT2D eigenvalue weighted by Gasteiger charge is 2.27. The Bertz CT molecular complexity index is 3340. The maximum atomic E-state index is 5.46. The van der Waals surface area contributed by atoms with Crippen LogP contribution in [0.2, 0.25) is 0 Å². The van der Waals surface area contributed by atoms with E-state index >= 15 is 0 Å². The van der Waals surface area contributed by atoms with Crippen molar-refractivity contribution in [3.8, 4) is 45.3 Å². The van der Waals surface area contributed by atoms with Crippen LogP contribution in [0.1, 0.15) is 11.1 Å². The molecule has 0 amide bonds. The van der Waals surface area contributed by atoms with Crippen molar-refractivity contribution in [2.75, 3.05) is 0 Å². The van der Waals surface area contributed by atoms with Crippen molar-refractivity contribution in [1.29, 1.82) is 0 Å². The van der Waals surface area contributed by atoms with E-state index < -0.39 is 0 Å². The molecule has 282 valence electrons. The molecule has 60 heavy (non-hydrogen) atoms. The van der Waals surface area contributed by atoms with E-state index in [1.807, 2.05) is 0 Å². The summed E-state index contributed by atoms with van der Waals surface area (Å²) < 4.78 is 4.72. The van der Waals surface area contributed by atoms with Crippen LogP contribution in [0.25, 0.3) is 110 Å². The van der Waals surface area contributed by atoms with E-state index in [0.29, 0.717) is 0 Å². The summed E-state index contributed by atoms with van der Waals surface area (Å²) in [6.07, 6.45) is 0. The SMILES string of the molecule is Cc1ccccc1-n1c(-c2c3ccccc3c(-c3c4ccccc4c(-c4nc5ccccc5n4-c4ccccc4C)c4ccccc34)c3ccccc23)nc2ccccc21. The number of aryl methyl sites for hydroxylation is 2. The molecule has 0 saturated carbocycles. The Hall–Kier alpha value is -7.82. The van der Waals surface area contributed by atoms with Gasteiger partial charge in [-0.1, -0.05) is 158 Å². The van der Waals surface area contributed by atoms with Gasteiger partial charge in [-0.15, -0.1) is 0 Å². The normalized spacial score (nSPS) is 11.8. The summed E-state index contributed by atoms with van der Waals surface area (Å²) in [6, 6.07) is 70.0. The summed E-state index contributed by atoms with van der Waals surface area (Å²) in [4.78, 5) is 10.9. The molecule has 2 aromatic heterocycles. The van der Waals surface area contributed by atoms with Gasteiger partial charge in [0.05, 0.1) is 33.4 Å². The van der Waals surface area contributed by atoms with Gasteiger partial charge >= 0.3 is 0 Å². The predicted octanol–water partition coefficient (Wildman–Crippen LogP) is 14.6. The molecule has 12 aromatic rings. The first kappa shape index (κ1) is 34.2. The molecular formula is C56H38N4. The number of benzene rings is 10. The molecule has 2 heterocycles. The largest absolute Gasteiger partial charge is 0.292 e. The van der Waals surface area contributed by atoms with Crippen LogP contribution in [0, 0.1) is 13.8 Å². The van der Waals surface area contributed by atoms with Gasteiger partial charge in [-0.3, -0.25) is 9.13 Å². The average Bonchev–Trinajstić information content (AvgIpc) is 3.86. The molecule has 4 nitrogen and oxygen atoms in total. The number of imidazole rings is 2. The molecule has 0 N–H and O–H groups in total. The first-order valence-corrected chi connectivity index (χ1v) is 20.6. The predicted molar refractivity (Wildman–Crippen MR) is 252 cm³/mol. The van der Waals surface area contributed by atoms with Crippen LogP contribution in [0.4, 0.5) is 0 Å². The topological polar surface area (TPSA) is 35.6 Å². The molecule has 0 unspecified atom stereocenters. The lowest BCUT2D eigenvalue weighted by Gasteiger charge is -2.22. The van der Waals surface area contributed by atoms with Gasteiger partial charge in [0.15, 0.2) is 0 Å². The molecule has 0 fully saturated rings. The summed E-state index contributed by atoms with van der Waals surface area (Å²) in [5.74, 6) is 1.87. The van der Waals surface area contributed by atoms with Crippen molar-refractivity contribution >= 4 is 65.2 Å². The summed E-state index contributed by atoms with van der Waals surface area (Å²) in [5, 5.41) is 9.39. The molecule has 0 atom stereocenters. The van der Waals surface area contributed by atoms with Gasteiger partial charge in [0, 0.05) is 11.1 Å². The van der Waals surface area contributed by atoms with E-state index in [9.17, 15) is 0 Å². The van der Waals surface area contributed by atoms with Crippen molar-refractivity contribution in [3.05, 3.63) is 205 Å². The fourth-order valence-electron chi connectivity index (χ4n) is 9.78. The quantitative estimate of drug-likeness (QED) is 0.164. The van der Waals surface area contributed by atoms with E-state index in [1.165, 1.54) is 43.8 Å². The summed E-state index contributed by atoms with van der Waals surface area (Å²) in [5.41, 5.74) is 13.4.